The standard InChI is InChI=1S/C22H23NO5/c1-13(12-18(24)27-2)20(22(26)28-3)23-21(25)19-16-10-6-4-8-14(16)15-9-5-7-11-17(15)19/h4-11,13,19-20H,12H2,1-3H3,(H,23,25)/t13-,20+/m0/s1. The monoisotopic (exact) mass is 381 g/mol. The third kappa shape index (κ3) is 3.63. The van der Waals surface area contributed by atoms with E-state index < -0.39 is 29.8 Å². The van der Waals surface area contributed by atoms with E-state index >= 15 is 0 Å². The van der Waals surface area contributed by atoms with E-state index in [1.54, 1.807) is 6.92 Å². The fourth-order valence-electron chi connectivity index (χ4n) is 3.70. The van der Waals surface area contributed by atoms with Crippen molar-refractivity contribution in [3.05, 3.63) is 59.7 Å². The van der Waals surface area contributed by atoms with Crippen molar-refractivity contribution in [3.63, 3.8) is 0 Å². The summed E-state index contributed by atoms with van der Waals surface area (Å²) in [5.74, 6) is -2.35. The molecule has 28 heavy (non-hydrogen) atoms. The Morgan fingerprint density at radius 1 is 0.929 bits per heavy atom. The molecule has 0 saturated carbocycles. The largest absolute Gasteiger partial charge is 0.469 e. The number of carbonyl (C=O) groups is 3. The molecular formula is C22H23NO5. The Labute approximate surface area is 163 Å². The Hall–Kier alpha value is -3.15. The zero-order chi connectivity index (χ0) is 20.3. The lowest BCUT2D eigenvalue weighted by atomic mass is 9.93. The van der Waals surface area contributed by atoms with E-state index in [0.29, 0.717) is 0 Å². The zero-order valence-electron chi connectivity index (χ0n) is 16.1. The number of rotatable bonds is 6. The molecule has 1 amide bonds. The van der Waals surface area contributed by atoms with Gasteiger partial charge in [0, 0.05) is 0 Å². The van der Waals surface area contributed by atoms with Crippen LogP contribution in [0.4, 0.5) is 0 Å². The van der Waals surface area contributed by atoms with Crippen molar-refractivity contribution in [1.82, 2.24) is 5.32 Å². The number of amides is 1. The van der Waals surface area contributed by atoms with Crippen LogP contribution in [-0.2, 0) is 23.9 Å². The van der Waals surface area contributed by atoms with Gasteiger partial charge in [0.05, 0.1) is 26.6 Å². The summed E-state index contributed by atoms with van der Waals surface area (Å²) >= 11 is 0. The van der Waals surface area contributed by atoms with Crippen molar-refractivity contribution in [3.8, 4) is 11.1 Å². The molecule has 2 aromatic carbocycles. The number of nitrogens with one attached hydrogen (secondary N) is 1. The summed E-state index contributed by atoms with van der Waals surface area (Å²) in [5, 5.41) is 2.80. The summed E-state index contributed by atoms with van der Waals surface area (Å²) in [6, 6.07) is 14.5. The summed E-state index contributed by atoms with van der Waals surface area (Å²) in [6.07, 6.45) is -0.00557. The van der Waals surface area contributed by atoms with E-state index in [1.807, 2.05) is 48.5 Å². The third-order valence-corrected chi connectivity index (χ3v) is 5.13. The first kappa shape index (κ1) is 19.6. The van der Waals surface area contributed by atoms with E-state index in [0.717, 1.165) is 22.3 Å². The van der Waals surface area contributed by atoms with Crippen molar-refractivity contribution in [2.24, 2.45) is 5.92 Å². The highest BCUT2D eigenvalue weighted by atomic mass is 16.5. The van der Waals surface area contributed by atoms with Crippen molar-refractivity contribution < 1.29 is 23.9 Å². The quantitative estimate of drug-likeness (QED) is 0.778. The van der Waals surface area contributed by atoms with Gasteiger partial charge in [0.2, 0.25) is 5.91 Å². The van der Waals surface area contributed by atoms with Crippen molar-refractivity contribution in [2.45, 2.75) is 25.3 Å². The maximum atomic E-state index is 13.2. The molecule has 0 aromatic heterocycles. The lowest BCUT2D eigenvalue weighted by Crippen LogP contribution is -2.48. The second-order valence-electron chi connectivity index (χ2n) is 6.87. The van der Waals surface area contributed by atoms with Gasteiger partial charge in [-0.05, 0) is 28.2 Å². The fourth-order valence-corrected chi connectivity index (χ4v) is 3.70. The van der Waals surface area contributed by atoms with Gasteiger partial charge in [0.15, 0.2) is 0 Å². The normalized spacial score (nSPS) is 14.4. The molecule has 6 heteroatoms. The van der Waals surface area contributed by atoms with Crippen LogP contribution in [0.3, 0.4) is 0 Å². The molecule has 0 aliphatic heterocycles. The Balaban J connectivity index is 1.90. The van der Waals surface area contributed by atoms with E-state index in [1.165, 1.54) is 14.2 Å². The highest BCUT2D eigenvalue weighted by Gasteiger charge is 2.37. The van der Waals surface area contributed by atoms with Crippen molar-refractivity contribution in [2.75, 3.05) is 14.2 Å². The summed E-state index contributed by atoms with van der Waals surface area (Å²) < 4.78 is 9.52. The predicted octanol–water partition coefficient (Wildman–Crippen LogP) is 2.66. The molecule has 0 unspecified atom stereocenters. The van der Waals surface area contributed by atoms with Gasteiger partial charge in [-0.3, -0.25) is 9.59 Å². The second-order valence-corrected chi connectivity index (χ2v) is 6.87. The molecule has 3 rings (SSSR count). The number of methoxy groups -OCH3 is 2. The lowest BCUT2D eigenvalue weighted by Gasteiger charge is -2.24. The average molecular weight is 381 g/mol. The van der Waals surface area contributed by atoms with Gasteiger partial charge in [0.25, 0.3) is 0 Å². The van der Waals surface area contributed by atoms with Gasteiger partial charge >= 0.3 is 11.9 Å². The fraction of sp³-hybridized carbons (Fsp3) is 0.318. The molecule has 0 bridgehead atoms. The molecule has 0 fully saturated rings. The van der Waals surface area contributed by atoms with Crippen LogP contribution in [0.5, 0.6) is 0 Å². The third-order valence-electron chi connectivity index (χ3n) is 5.13. The van der Waals surface area contributed by atoms with E-state index in [2.05, 4.69) is 10.1 Å². The summed E-state index contributed by atoms with van der Waals surface area (Å²) in [4.78, 5) is 37.1. The maximum Gasteiger partial charge on any atom is 0.328 e. The van der Waals surface area contributed by atoms with Gasteiger partial charge in [0.1, 0.15) is 6.04 Å². The molecule has 1 aliphatic carbocycles. The molecule has 2 atom stereocenters. The minimum atomic E-state index is -0.948. The Morgan fingerprint density at radius 3 is 1.96 bits per heavy atom. The number of benzene rings is 2. The molecule has 146 valence electrons. The molecule has 0 spiro atoms. The van der Waals surface area contributed by atoms with Crippen LogP contribution in [0.15, 0.2) is 48.5 Å². The van der Waals surface area contributed by atoms with Crippen LogP contribution in [0, 0.1) is 5.92 Å². The van der Waals surface area contributed by atoms with Gasteiger partial charge in [-0.2, -0.15) is 0 Å². The molecule has 0 heterocycles. The Kier molecular flexibility index (Phi) is 5.78. The van der Waals surface area contributed by atoms with E-state index in [-0.39, 0.29) is 12.3 Å². The van der Waals surface area contributed by atoms with Crippen LogP contribution < -0.4 is 5.32 Å². The number of fused-ring (bicyclic) bond motifs is 3. The lowest BCUT2D eigenvalue weighted by molar-refractivity contribution is -0.148. The Morgan fingerprint density at radius 2 is 1.46 bits per heavy atom. The SMILES string of the molecule is COC(=O)C[C@H](C)[C@@H](NC(=O)C1c2ccccc2-c2ccccc21)C(=O)OC. The minimum absolute atomic E-state index is 0.00557. The first-order valence-corrected chi connectivity index (χ1v) is 9.11. The first-order chi connectivity index (χ1) is 13.5. The average Bonchev–Trinajstić information content (AvgIpc) is 3.05. The number of esters is 2. The van der Waals surface area contributed by atoms with E-state index in [9.17, 15) is 14.4 Å². The molecule has 0 saturated heterocycles. The second kappa shape index (κ2) is 8.25. The van der Waals surface area contributed by atoms with E-state index in [4.69, 9.17) is 4.74 Å². The van der Waals surface area contributed by atoms with Crippen LogP contribution in [-0.4, -0.2) is 38.1 Å². The minimum Gasteiger partial charge on any atom is -0.469 e. The van der Waals surface area contributed by atoms with Crippen LogP contribution in [0.1, 0.15) is 30.4 Å². The van der Waals surface area contributed by atoms with Crippen LogP contribution in [0.25, 0.3) is 11.1 Å². The Bertz CT molecular complexity index is 862. The molecule has 1 aliphatic rings. The number of hydrogen-bond acceptors (Lipinski definition) is 5. The van der Waals surface area contributed by atoms with Gasteiger partial charge in [-0.25, -0.2) is 4.79 Å². The topological polar surface area (TPSA) is 81.7 Å². The molecule has 1 N–H and O–H groups in total. The van der Waals surface area contributed by atoms with Crippen LogP contribution in [0.2, 0.25) is 0 Å². The van der Waals surface area contributed by atoms with Crippen molar-refractivity contribution in [1.29, 1.82) is 0 Å². The van der Waals surface area contributed by atoms with Gasteiger partial charge in [-0.15, -0.1) is 0 Å². The van der Waals surface area contributed by atoms with Crippen molar-refractivity contribution >= 4 is 17.8 Å². The highest BCUT2D eigenvalue weighted by molar-refractivity contribution is 5.98. The molecule has 0 radical (unpaired) electrons. The molecule has 2 aromatic rings. The zero-order valence-corrected chi connectivity index (χ0v) is 16.1. The van der Waals surface area contributed by atoms with Gasteiger partial charge < -0.3 is 14.8 Å². The number of carbonyl (C=O) groups excluding carboxylic acids is 3. The predicted molar refractivity (Wildman–Crippen MR) is 103 cm³/mol. The number of hydrogen-bond donors (Lipinski definition) is 1. The van der Waals surface area contributed by atoms with Gasteiger partial charge in [-0.1, -0.05) is 55.5 Å². The summed E-state index contributed by atoms with van der Waals surface area (Å²) in [6.45, 7) is 1.70. The number of ether oxygens (including phenoxy) is 2. The molecule has 6 nitrogen and oxygen atoms in total. The molecular weight excluding hydrogens is 358 g/mol. The smallest absolute Gasteiger partial charge is 0.328 e. The summed E-state index contributed by atoms with van der Waals surface area (Å²) in [5.41, 5.74) is 3.81. The highest BCUT2D eigenvalue weighted by Crippen LogP contribution is 2.44. The maximum absolute atomic E-state index is 13.2. The van der Waals surface area contributed by atoms with Crippen LogP contribution >= 0.6 is 0 Å². The first-order valence-electron chi connectivity index (χ1n) is 9.11. The summed E-state index contributed by atoms with van der Waals surface area (Å²) in [7, 11) is 2.54.